The lowest BCUT2D eigenvalue weighted by molar-refractivity contribution is -0.384. The van der Waals surface area contributed by atoms with E-state index in [1.54, 1.807) is 13.0 Å². The minimum atomic E-state index is -0.601. The number of nitrogens with one attached hydrogen (secondary N) is 1. The largest absolute Gasteiger partial charge is 0.494 e. The number of non-ortho nitro benzene ring substituents is 1. The van der Waals surface area contributed by atoms with E-state index < -0.39 is 22.7 Å². The molecule has 2 rings (SSSR count). The van der Waals surface area contributed by atoms with Gasteiger partial charge >= 0.3 is 0 Å². The van der Waals surface area contributed by atoms with Crippen LogP contribution in [0.4, 0.5) is 10.1 Å². The highest BCUT2D eigenvalue weighted by atomic mass is 35.5. The molecule has 0 aliphatic carbocycles. The van der Waals surface area contributed by atoms with E-state index in [1.807, 2.05) is 0 Å². The molecule has 0 radical (unpaired) electrons. The molecule has 0 spiro atoms. The first-order valence-corrected chi connectivity index (χ1v) is 7.29. The summed E-state index contributed by atoms with van der Waals surface area (Å²) in [4.78, 5) is 22.3. The van der Waals surface area contributed by atoms with Crippen molar-refractivity contribution in [2.45, 2.75) is 13.0 Å². The summed E-state index contributed by atoms with van der Waals surface area (Å²) < 4.78 is 18.6. The van der Waals surface area contributed by atoms with Crippen LogP contribution in [0.2, 0.25) is 5.02 Å². The summed E-state index contributed by atoms with van der Waals surface area (Å²) in [7, 11) is 1.36. The number of amides is 1. The van der Waals surface area contributed by atoms with Crippen molar-refractivity contribution in [3.05, 3.63) is 68.5 Å². The number of carbonyl (C=O) groups is 1. The summed E-state index contributed by atoms with van der Waals surface area (Å²) >= 11 is 5.92. The summed E-state index contributed by atoms with van der Waals surface area (Å²) in [5, 5.41) is 13.3. The second-order valence-corrected chi connectivity index (χ2v) is 5.42. The number of nitrogens with zero attached hydrogens (tertiary/aromatic N) is 1. The number of ether oxygens (including phenoxy) is 1. The Hall–Kier alpha value is -2.67. The zero-order valence-electron chi connectivity index (χ0n) is 12.9. The van der Waals surface area contributed by atoms with Crippen molar-refractivity contribution in [3.8, 4) is 5.75 Å². The van der Waals surface area contributed by atoms with Crippen molar-refractivity contribution in [2.24, 2.45) is 0 Å². The summed E-state index contributed by atoms with van der Waals surface area (Å²) in [6.07, 6.45) is 0. The van der Waals surface area contributed by atoms with Crippen LogP contribution < -0.4 is 10.1 Å². The van der Waals surface area contributed by atoms with Crippen LogP contribution in [0.25, 0.3) is 0 Å². The monoisotopic (exact) mass is 352 g/mol. The highest BCUT2D eigenvalue weighted by molar-refractivity contribution is 6.34. The predicted octanol–water partition coefficient (Wildman–Crippen LogP) is 3.89. The van der Waals surface area contributed by atoms with E-state index in [4.69, 9.17) is 16.3 Å². The van der Waals surface area contributed by atoms with Crippen LogP contribution in [0.15, 0.2) is 36.4 Å². The van der Waals surface area contributed by atoms with Crippen LogP contribution >= 0.6 is 11.6 Å². The van der Waals surface area contributed by atoms with E-state index >= 15 is 0 Å². The van der Waals surface area contributed by atoms with Gasteiger partial charge in [-0.25, -0.2) is 4.39 Å². The summed E-state index contributed by atoms with van der Waals surface area (Å²) in [6, 6.07) is 7.44. The Morgan fingerprint density at radius 1 is 1.33 bits per heavy atom. The number of rotatable bonds is 5. The molecule has 6 nitrogen and oxygen atoms in total. The lowest BCUT2D eigenvalue weighted by atomic mass is 10.1. The van der Waals surface area contributed by atoms with Crippen molar-refractivity contribution in [3.63, 3.8) is 0 Å². The van der Waals surface area contributed by atoms with Crippen LogP contribution in [0.5, 0.6) is 5.75 Å². The van der Waals surface area contributed by atoms with Crippen molar-refractivity contribution in [1.29, 1.82) is 0 Å². The molecule has 2 aromatic rings. The SMILES string of the molecule is COc1ccc([C@H](C)NC(=O)c2ccc([N+](=O)[O-])cc2Cl)cc1F. The van der Waals surface area contributed by atoms with E-state index in [9.17, 15) is 19.3 Å². The van der Waals surface area contributed by atoms with Crippen molar-refractivity contribution in [2.75, 3.05) is 7.11 Å². The van der Waals surface area contributed by atoms with E-state index in [1.165, 1.54) is 31.4 Å². The Bertz CT molecular complexity index is 798. The smallest absolute Gasteiger partial charge is 0.270 e. The van der Waals surface area contributed by atoms with Crippen LogP contribution in [0.3, 0.4) is 0 Å². The number of halogens is 2. The van der Waals surface area contributed by atoms with Gasteiger partial charge in [-0.2, -0.15) is 0 Å². The second kappa shape index (κ2) is 7.27. The normalized spacial score (nSPS) is 11.7. The molecule has 1 atom stereocenters. The molecular weight excluding hydrogens is 339 g/mol. The molecule has 0 fully saturated rings. The molecule has 0 bridgehead atoms. The Morgan fingerprint density at radius 2 is 2.04 bits per heavy atom. The zero-order valence-corrected chi connectivity index (χ0v) is 13.6. The van der Waals surface area contributed by atoms with Gasteiger partial charge in [0.25, 0.3) is 11.6 Å². The molecular formula is C16H14ClFN2O4. The van der Waals surface area contributed by atoms with Crippen LogP contribution in [-0.4, -0.2) is 17.9 Å². The minimum absolute atomic E-state index is 0.0326. The molecule has 0 unspecified atom stereocenters. The first-order valence-electron chi connectivity index (χ1n) is 6.91. The van der Waals surface area contributed by atoms with E-state index in [2.05, 4.69) is 5.32 Å². The third-order valence-corrected chi connectivity index (χ3v) is 3.74. The second-order valence-electron chi connectivity index (χ2n) is 5.01. The molecule has 1 N–H and O–H groups in total. The van der Waals surface area contributed by atoms with E-state index in [-0.39, 0.29) is 22.0 Å². The van der Waals surface area contributed by atoms with Crippen LogP contribution in [0.1, 0.15) is 28.9 Å². The van der Waals surface area contributed by atoms with Gasteiger partial charge in [0.15, 0.2) is 11.6 Å². The number of methoxy groups -OCH3 is 1. The predicted molar refractivity (Wildman–Crippen MR) is 86.9 cm³/mol. The average Bonchev–Trinajstić information content (AvgIpc) is 2.54. The van der Waals surface area contributed by atoms with Crippen LogP contribution in [-0.2, 0) is 0 Å². The Kier molecular flexibility index (Phi) is 5.35. The zero-order chi connectivity index (χ0) is 17.9. The topological polar surface area (TPSA) is 81.5 Å². The lowest BCUT2D eigenvalue weighted by Crippen LogP contribution is -2.27. The van der Waals surface area contributed by atoms with Crippen molar-refractivity contribution >= 4 is 23.2 Å². The molecule has 0 heterocycles. The number of carbonyl (C=O) groups excluding carboxylic acids is 1. The molecule has 0 saturated heterocycles. The van der Waals surface area contributed by atoms with Crippen molar-refractivity contribution in [1.82, 2.24) is 5.32 Å². The van der Waals surface area contributed by atoms with Gasteiger partial charge in [0, 0.05) is 12.1 Å². The highest BCUT2D eigenvalue weighted by Crippen LogP contribution is 2.25. The molecule has 0 saturated carbocycles. The van der Waals surface area contributed by atoms with Gasteiger partial charge in [-0.05, 0) is 30.7 Å². The number of benzene rings is 2. The van der Waals surface area contributed by atoms with Gasteiger partial charge in [-0.15, -0.1) is 0 Å². The standard InChI is InChI=1S/C16H14ClFN2O4/c1-9(10-3-6-15(24-2)14(18)7-10)19-16(21)12-5-4-11(20(22)23)8-13(12)17/h3-9H,1-2H3,(H,19,21)/t9-/m0/s1. The first kappa shape index (κ1) is 17.7. The quantitative estimate of drug-likeness (QED) is 0.653. The van der Waals surface area contributed by atoms with Gasteiger partial charge < -0.3 is 10.1 Å². The highest BCUT2D eigenvalue weighted by Gasteiger charge is 2.18. The van der Waals surface area contributed by atoms with Crippen molar-refractivity contribution < 1.29 is 18.8 Å². The maximum Gasteiger partial charge on any atom is 0.270 e. The van der Waals surface area contributed by atoms with Crippen LogP contribution in [0, 0.1) is 15.9 Å². The van der Waals surface area contributed by atoms with E-state index in [0.29, 0.717) is 5.56 Å². The number of hydrogen-bond donors (Lipinski definition) is 1. The van der Waals surface area contributed by atoms with Gasteiger partial charge in [-0.1, -0.05) is 17.7 Å². The Balaban J connectivity index is 2.17. The Labute approximate surface area is 142 Å². The number of hydrogen-bond acceptors (Lipinski definition) is 4. The third-order valence-electron chi connectivity index (χ3n) is 3.43. The molecule has 126 valence electrons. The maximum absolute atomic E-state index is 13.7. The summed E-state index contributed by atoms with van der Waals surface area (Å²) in [5.74, 6) is -0.946. The fraction of sp³-hybridized carbons (Fsp3) is 0.188. The Morgan fingerprint density at radius 3 is 2.58 bits per heavy atom. The van der Waals surface area contributed by atoms with Gasteiger partial charge in [0.05, 0.1) is 28.7 Å². The number of nitro groups is 1. The van der Waals surface area contributed by atoms with Gasteiger partial charge in [-0.3, -0.25) is 14.9 Å². The molecule has 1 amide bonds. The minimum Gasteiger partial charge on any atom is -0.494 e. The third kappa shape index (κ3) is 3.80. The molecule has 0 aliphatic heterocycles. The number of nitro benzene ring substituents is 1. The maximum atomic E-state index is 13.7. The molecule has 0 aromatic heterocycles. The summed E-state index contributed by atoms with van der Waals surface area (Å²) in [6.45, 7) is 1.68. The average molecular weight is 353 g/mol. The molecule has 8 heteroatoms. The molecule has 0 aliphatic rings. The van der Waals surface area contributed by atoms with Gasteiger partial charge in [0.1, 0.15) is 0 Å². The fourth-order valence-electron chi connectivity index (χ4n) is 2.11. The molecule has 2 aromatic carbocycles. The lowest BCUT2D eigenvalue weighted by Gasteiger charge is -2.15. The van der Waals surface area contributed by atoms with E-state index in [0.717, 1.165) is 6.07 Å². The van der Waals surface area contributed by atoms with Gasteiger partial charge in [0.2, 0.25) is 0 Å². The first-order chi connectivity index (χ1) is 11.3. The fourth-order valence-corrected chi connectivity index (χ4v) is 2.37. The summed E-state index contributed by atoms with van der Waals surface area (Å²) in [5.41, 5.74) is 0.435. The molecule has 24 heavy (non-hydrogen) atoms.